The Kier molecular flexibility index (Phi) is 8.41. The van der Waals surface area contributed by atoms with Gasteiger partial charge in [-0.2, -0.15) is 11.8 Å². The zero-order valence-corrected chi connectivity index (χ0v) is 19.5. The molecule has 168 valence electrons. The van der Waals surface area contributed by atoms with Crippen molar-refractivity contribution in [1.82, 2.24) is 0 Å². The van der Waals surface area contributed by atoms with Crippen LogP contribution in [0.4, 0.5) is 0 Å². The van der Waals surface area contributed by atoms with Crippen LogP contribution in [0.5, 0.6) is 0 Å². The minimum absolute atomic E-state index is 0.126. The van der Waals surface area contributed by atoms with E-state index in [1.165, 1.54) is 30.4 Å². The van der Waals surface area contributed by atoms with Crippen LogP contribution in [0.3, 0.4) is 0 Å². The SMILES string of the molecule is CCOC(=O)C1(CSCc2ccccc2)OC(=O)C(OC(C)=O)=C1SCc1ccccc1. The van der Waals surface area contributed by atoms with Crippen molar-refractivity contribution >= 4 is 41.4 Å². The van der Waals surface area contributed by atoms with Gasteiger partial charge in [0.2, 0.25) is 5.76 Å². The molecule has 1 unspecified atom stereocenters. The van der Waals surface area contributed by atoms with Crippen LogP contribution in [0, 0.1) is 0 Å². The Morgan fingerprint density at radius 2 is 1.56 bits per heavy atom. The molecule has 0 N–H and O–H groups in total. The number of carbonyl (C=O) groups is 3. The fourth-order valence-electron chi connectivity index (χ4n) is 3.09. The van der Waals surface area contributed by atoms with Crippen molar-refractivity contribution in [2.75, 3.05) is 12.4 Å². The molecule has 8 heteroatoms. The molecular weight excluding hydrogens is 448 g/mol. The topological polar surface area (TPSA) is 78.9 Å². The maximum atomic E-state index is 13.1. The van der Waals surface area contributed by atoms with Gasteiger partial charge in [-0.05, 0) is 18.1 Å². The lowest BCUT2D eigenvalue weighted by atomic mass is 10.1. The molecule has 6 nitrogen and oxygen atoms in total. The van der Waals surface area contributed by atoms with Gasteiger partial charge in [0, 0.05) is 24.2 Å². The number of benzene rings is 2. The van der Waals surface area contributed by atoms with Crippen molar-refractivity contribution in [1.29, 1.82) is 0 Å². The smallest absolute Gasteiger partial charge is 0.376 e. The molecular formula is C24H24O6S2. The minimum Gasteiger partial charge on any atom is -0.463 e. The zero-order chi connectivity index (χ0) is 23.0. The number of cyclic esters (lactones) is 1. The summed E-state index contributed by atoms with van der Waals surface area (Å²) in [4.78, 5) is 37.7. The van der Waals surface area contributed by atoms with Gasteiger partial charge in [-0.1, -0.05) is 60.7 Å². The largest absolute Gasteiger partial charge is 0.463 e. The van der Waals surface area contributed by atoms with Crippen LogP contribution >= 0.6 is 23.5 Å². The number of hydrogen-bond acceptors (Lipinski definition) is 8. The molecule has 0 aliphatic carbocycles. The third kappa shape index (κ3) is 5.75. The van der Waals surface area contributed by atoms with E-state index in [4.69, 9.17) is 14.2 Å². The lowest BCUT2D eigenvalue weighted by Gasteiger charge is -2.27. The summed E-state index contributed by atoms with van der Waals surface area (Å²) in [6, 6.07) is 19.4. The van der Waals surface area contributed by atoms with Crippen molar-refractivity contribution in [2.24, 2.45) is 0 Å². The van der Waals surface area contributed by atoms with Crippen LogP contribution in [0.1, 0.15) is 25.0 Å². The molecule has 32 heavy (non-hydrogen) atoms. The number of ether oxygens (including phenoxy) is 3. The molecule has 0 saturated carbocycles. The Labute approximate surface area is 195 Å². The van der Waals surface area contributed by atoms with Crippen molar-refractivity contribution < 1.29 is 28.6 Å². The van der Waals surface area contributed by atoms with E-state index in [9.17, 15) is 14.4 Å². The van der Waals surface area contributed by atoms with Crippen LogP contribution in [-0.2, 0) is 40.1 Å². The Morgan fingerprint density at radius 1 is 0.969 bits per heavy atom. The third-order valence-corrected chi connectivity index (χ3v) is 6.95. The molecule has 3 rings (SSSR count). The monoisotopic (exact) mass is 472 g/mol. The lowest BCUT2D eigenvalue weighted by molar-refractivity contribution is -0.170. The Hall–Kier alpha value is -2.71. The van der Waals surface area contributed by atoms with Crippen molar-refractivity contribution in [3.63, 3.8) is 0 Å². The van der Waals surface area contributed by atoms with E-state index < -0.39 is 23.5 Å². The summed E-state index contributed by atoms with van der Waals surface area (Å²) < 4.78 is 16.1. The normalized spacial score (nSPS) is 17.8. The lowest BCUT2D eigenvalue weighted by Crippen LogP contribution is -2.44. The first-order valence-electron chi connectivity index (χ1n) is 10.1. The number of rotatable bonds is 10. The second-order valence-electron chi connectivity index (χ2n) is 6.94. The second kappa shape index (κ2) is 11.2. The predicted octanol–water partition coefficient (Wildman–Crippen LogP) is 4.49. The van der Waals surface area contributed by atoms with E-state index in [-0.39, 0.29) is 23.0 Å². The Bertz CT molecular complexity index is 990. The summed E-state index contributed by atoms with van der Waals surface area (Å²) in [5.41, 5.74) is 0.390. The highest BCUT2D eigenvalue weighted by atomic mass is 32.2. The van der Waals surface area contributed by atoms with E-state index in [2.05, 4.69) is 0 Å². The average molecular weight is 473 g/mol. The van der Waals surface area contributed by atoms with Crippen molar-refractivity contribution in [3.8, 4) is 0 Å². The molecule has 1 aliphatic heterocycles. The molecule has 0 amide bonds. The van der Waals surface area contributed by atoms with Gasteiger partial charge in [-0.15, -0.1) is 11.8 Å². The summed E-state index contributed by atoms with van der Waals surface area (Å²) >= 11 is 2.68. The number of thioether (sulfide) groups is 2. The molecule has 1 atom stereocenters. The van der Waals surface area contributed by atoms with Crippen LogP contribution in [0.15, 0.2) is 71.3 Å². The standard InChI is InChI=1S/C24H24O6S2/c1-3-28-23(27)24(16-31-14-18-10-6-4-7-11-18)21(20(22(26)30-24)29-17(2)25)32-15-19-12-8-5-9-13-19/h4-13H,3,14-16H2,1-2H3. The average Bonchev–Trinajstić information content (AvgIpc) is 3.05. The van der Waals surface area contributed by atoms with Gasteiger partial charge >= 0.3 is 17.9 Å². The highest BCUT2D eigenvalue weighted by molar-refractivity contribution is 8.02. The number of esters is 3. The van der Waals surface area contributed by atoms with Gasteiger partial charge in [0.25, 0.3) is 5.60 Å². The van der Waals surface area contributed by atoms with E-state index in [1.54, 1.807) is 6.92 Å². The van der Waals surface area contributed by atoms with Crippen LogP contribution in [0.2, 0.25) is 0 Å². The Balaban J connectivity index is 1.92. The van der Waals surface area contributed by atoms with Gasteiger partial charge < -0.3 is 14.2 Å². The first-order valence-corrected chi connectivity index (χ1v) is 12.2. The number of carbonyl (C=O) groups excluding carboxylic acids is 3. The molecule has 0 saturated heterocycles. The highest BCUT2D eigenvalue weighted by Gasteiger charge is 2.56. The molecule has 0 radical (unpaired) electrons. The van der Waals surface area contributed by atoms with E-state index in [0.29, 0.717) is 11.5 Å². The summed E-state index contributed by atoms with van der Waals surface area (Å²) in [7, 11) is 0. The van der Waals surface area contributed by atoms with Gasteiger partial charge in [0.1, 0.15) is 0 Å². The first-order chi connectivity index (χ1) is 15.5. The zero-order valence-electron chi connectivity index (χ0n) is 17.9. The summed E-state index contributed by atoms with van der Waals surface area (Å²) in [5, 5.41) is 0. The molecule has 0 bridgehead atoms. The fraction of sp³-hybridized carbons (Fsp3) is 0.292. The van der Waals surface area contributed by atoms with Gasteiger partial charge in [0.05, 0.1) is 11.5 Å². The molecule has 1 heterocycles. The fourth-order valence-corrected chi connectivity index (χ4v) is 5.51. The maximum Gasteiger partial charge on any atom is 0.376 e. The van der Waals surface area contributed by atoms with Crippen LogP contribution < -0.4 is 0 Å². The van der Waals surface area contributed by atoms with Gasteiger partial charge in [0.15, 0.2) is 0 Å². The van der Waals surface area contributed by atoms with E-state index >= 15 is 0 Å². The first kappa shape index (κ1) is 23.9. The second-order valence-corrected chi connectivity index (χ2v) is 8.91. The quantitative estimate of drug-likeness (QED) is 0.370. The number of hydrogen-bond donors (Lipinski definition) is 0. The van der Waals surface area contributed by atoms with Gasteiger partial charge in [-0.3, -0.25) is 4.79 Å². The molecule has 0 spiro atoms. The van der Waals surface area contributed by atoms with E-state index in [1.807, 2.05) is 60.7 Å². The third-order valence-electron chi connectivity index (χ3n) is 4.52. The summed E-state index contributed by atoms with van der Waals surface area (Å²) in [6.07, 6.45) is 0. The molecule has 1 aliphatic rings. The van der Waals surface area contributed by atoms with Crippen molar-refractivity contribution in [3.05, 3.63) is 82.5 Å². The molecule has 0 fully saturated rings. The minimum atomic E-state index is -1.67. The van der Waals surface area contributed by atoms with Crippen molar-refractivity contribution in [2.45, 2.75) is 31.0 Å². The molecule has 2 aromatic carbocycles. The molecule has 0 aromatic heterocycles. The highest BCUT2D eigenvalue weighted by Crippen LogP contribution is 2.45. The summed E-state index contributed by atoms with van der Waals surface area (Å²) in [6.45, 7) is 3.02. The predicted molar refractivity (Wildman–Crippen MR) is 125 cm³/mol. The van der Waals surface area contributed by atoms with E-state index in [0.717, 1.165) is 11.1 Å². The van der Waals surface area contributed by atoms with Crippen LogP contribution in [0.25, 0.3) is 0 Å². The van der Waals surface area contributed by atoms with Crippen LogP contribution in [-0.4, -0.2) is 35.9 Å². The van der Waals surface area contributed by atoms with Gasteiger partial charge in [-0.25, -0.2) is 9.59 Å². The maximum absolute atomic E-state index is 13.1. The summed E-state index contributed by atoms with van der Waals surface area (Å²) in [5.74, 6) is -1.22. The Morgan fingerprint density at radius 3 is 2.12 bits per heavy atom. The molecule has 2 aromatic rings.